The molecule has 0 bridgehead atoms. The van der Waals surface area contributed by atoms with E-state index in [9.17, 15) is 4.79 Å². The van der Waals surface area contributed by atoms with Crippen LogP contribution in [0, 0.1) is 6.92 Å². The minimum atomic E-state index is 0.00934. The van der Waals surface area contributed by atoms with Gasteiger partial charge >= 0.3 is 0 Å². The molecule has 0 aromatic heterocycles. The van der Waals surface area contributed by atoms with Crippen LogP contribution in [0.5, 0.6) is 0 Å². The first-order chi connectivity index (χ1) is 12.0. The number of aliphatic imine (C=N–C) groups is 1. The third-order valence-corrected chi connectivity index (χ3v) is 3.87. The third-order valence-electron chi connectivity index (χ3n) is 3.87. The maximum atomic E-state index is 11.9. The number of hydrogen-bond donors (Lipinski definition) is 2. The van der Waals surface area contributed by atoms with Gasteiger partial charge < -0.3 is 15.5 Å². The molecule has 2 aromatic carbocycles. The summed E-state index contributed by atoms with van der Waals surface area (Å²) >= 11 is 0. The molecule has 0 heterocycles. The average molecular weight is 338 g/mol. The molecule has 132 valence electrons. The number of nitrogens with one attached hydrogen (secondary N) is 2. The van der Waals surface area contributed by atoms with E-state index < -0.39 is 0 Å². The molecule has 0 aliphatic heterocycles. The first-order valence-corrected chi connectivity index (χ1v) is 8.30. The van der Waals surface area contributed by atoms with E-state index in [-0.39, 0.29) is 5.91 Å². The first-order valence-electron chi connectivity index (χ1n) is 8.30. The van der Waals surface area contributed by atoms with Crippen LogP contribution in [0.25, 0.3) is 0 Å². The molecule has 0 fully saturated rings. The number of amides is 1. The van der Waals surface area contributed by atoms with Crippen LogP contribution >= 0.6 is 0 Å². The van der Waals surface area contributed by atoms with Crippen LogP contribution in [0.2, 0.25) is 0 Å². The minimum Gasteiger partial charge on any atom is -0.352 e. The largest absolute Gasteiger partial charge is 0.352 e. The van der Waals surface area contributed by atoms with Crippen molar-refractivity contribution < 1.29 is 4.79 Å². The fourth-order valence-electron chi connectivity index (χ4n) is 2.32. The van der Waals surface area contributed by atoms with Crippen LogP contribution in [0.4, 0.5) is 0 Å². The number of rotatable bonds is 5. The smallest absolute Gasteiger partial charge is 0.253 e. The van der Waals surface area contributed by atoms with Gasteiger partial charge in [-0.1, -0.05) is 42.0 Å². The molecule has 5 heteroatoms. The highest BCUT2D eigenvalue weighted by Crippen LogP contribution is 2.06. The highest BCUT2D eigenvalue weighted by molar-refractivity contribution is 5.93. The molecule has 0 spiro atoms. The van der Waals surface area contributed by atoms with E-state index in [0.29, 0.717) is 12.1 Å². The van der Waals surface area contributed by atoms with Crippen molar-refractivity contribution in [3.05, 3.63) is 70.8 Å². The summed E-state index contributed by atoms with van der Waals surface area (Å²) < 4.78 is 0. The molecule has 25 heavy (non-hydrogen) atoms. The Hall–Kier alpha value is -2.82. The number of hydrogen-bond acceptors (Lipinski definition) is 2. The Morgan fingerprint density at radius 3 is 1.84 bits per heavy atom. The zero-order chi connectivity index (χ0) is 18.2. The second-order valence-corrected chi connectivity index (χ2v) is 6.16. The Kier molecular flexibility index (Phi) is 6.57. The molecule has 0 aliphatic rings. The lowest BCUT2D eigenvalue weighted by molar-refractivity contribution is 0.0827. The van der Waals surface area contributed by atoms with Gasteiger partial charge in [0, 0.05) is 39.8 Å². The molecule has 1 amide bonds. The average Bonchev–Trinajstić information content (AvgIpc) is 2.63. The van der Waals surface area contributed by atoms with Gasteiger partial charge in [0.05, 0.1) is 0 Å². The van der Waals surface area contributed by atoms with E-state index in [0.717, 1.165) is 18.1 Å². The molecule has 0 saturated heterocycles. The van der Waals surface area contributed by atoms with E-state index in [1.165, 1.54) is 11.1 Å². The van der Waals surface area contributed by atoms with E-state index in [2.05, 4.69) is 46.8 Å². The lowest BCUT2D eigenvalue weighted by atomic mass is 10.1. The zero-order valence-corrected chi connectivity index (χ0v) is 15.3. The summed E-state index contributed by atoms with van der Waals surface area (Å²) in [5.41, 5.74) is 4.24. The van der Waals surface area contributed by atoms with Gasteiger partial charge in [-0.2, -0.15) is 0 Å². The summed E-state index contributed by atoms with van der Waals surface area (Å²) in [6, 6.07) is 16.0. The standard InChI is InChI=1S/C20H26N4O/c1-15-5-7-16(8-6-15)13-22-20(21-2)23-14-17-9-11-18(12-10-17)19(25)24(3)4/h5-12H,13-14H2,1-4H3,(H2,21,22,23). The van der Waals surface area contributed by atoms with Crippen LogP contribution in [0.3, 0.4) is 0 Å². The van der Waals surface area contributed by atoms with Crippen LogP contribution in [0.1, 0.15) is 27.0 Å². The molecule has 5 nitrogen and oxygen atoms in total. The quantitative estimate of drug-likeness (QED) is 0.651. The summed E-state index contributed by atoms with van der Waals surface area (Å²) in [5, 5.41) is 6.58. The number of guanidine groups is 1. The van der Waals surface area contributed by atoms with Gasteiger partial charge in [-0.25, -0.2) is 0 Å². The van der Waals surface area contributed by atoms with Crippen LogP contribution in [-0.2, 0) is 13.1 Å². The highest BCUT2D eigenvalue weighted by Gasteiger charge is 2.07. The van der Waals surface area contributed by atoms with Crippen molar-refractivity contribution in [3.8, 4) is 0 Å². The predicted octanol–water partition coefficient (Wildman–Crippen LogP) is 2.56. The summed E-state index contributed by atoms with van der Waals surface area (Å²) in [4.78, 5) is 17.7. The molecule has 0 atom stereocenters. The Morgan fingerprint density at radius 2 is 1.40 bits per heavy atom. The van der Waals surface area contributed by atoms with Crippen LogP contribution in [-0.4, -0.2) is 37.9 Å². The molecule has 2 N–H and O–H groups in total. The summed E-state index contributed by atoms with van der Waals surface area (Å²) in [6.07, 6.45) is 0. The van der Waals surface area contributed by atoms with Crippen molar-refractivity contribution in [2.24, 2.45) is 4.99 Å². The van der Waals surface area contributed by atoms with Crippen LogP contribution < -0.4 is 10.6 Å². The second-order valence-electron chi connectivity index (χ2n) is 6.16. The lowest BCUT2D eigenvalue weighted by Gasteiger charge is -2.13. The SMILES string of the molecule is CN=C(NCc1ccc(C)cc1)NCc1ccc(C(=O)N(C)C)cc1. The maximum absolute atomic E-state index is 11.9. The van der Waals surface area contributed by atoms with Crippen molar-refractivity contribution in [2.75, 3.05) is 21.1 Å². The Bertz CT molecular complexity index is 718. The van der Waals surface area contributed by atoms with E-state index in [1.54, 1.807) is 26.0 Å². The van der Waals surface area contributed by atoms with E-state index >= 15 is 0 Å². The van der Waals surface area contributed by atoms with Gasteiger partial charge in [0.1, 0.15) is 0 Å². The van der Waals surface area contributed by atoms with E-state index in [1.807, 2.05) is 24.3 Å². The highest BCUT2D eigenvalue weighted by atomic mass is 16.2. The summed E-state index contributed by atoms with van der Waals surface area (Å²) in [5.74, 6) is 0.754. The Balaban J connectivity index is 1.86. The lowest BCUT2D eigenvalue weighted by Crippen LogP contribution is -2.36. The van der Waals surface area contributed by atoms with E-state index in [4.69, 9.17) is 0 Å². The summed E-state index contributed by atoms with van der Waals surface area (Å²) in [6.45, 7) is 3.44. The van der Waals surface area contributed by atoms with Crippen molar-refractivity contribution in [3.63, 3.8) is 0 Å². The van der Waals surface area contributed by atoms with Gasteiger partial charge in [-0.3, -0.25) is 9.79 Å². The molecular formula is C20H26N4O. The van der Waals surface area contributed by atoms with Crippen molar-refractivity contribution in [2.45, 2.75) is 20.0 Å². The fourth-order valence-corrected chi connectivity index (χ4v) is 2.32. The van der Waals surface area contributed by atoms with Gasteiger partial charge in [0.25, 0.3) is 5.91 Å². The molecule has 2 rings (SSSR count). The minimum absolute atomic E-state index is 0.00934. The second kappa shape index (κ2) is 8.87. The Labute approximate surface area is 149 Å². The number of nitrogens with zero attached hydrogens (tertiary/aromatic N) is 2. The third kappa shape index (κ3) is 5.64. The normalized spacial score (nSPS) is 11.1. The van der Waals surface area contributed by atoms with Gasteiger partial charge in [0.15, 0.2) is 5.96 Å². The van der Waals surface area contributed by atoms with Crippen molar-refractivity contribution >= 4 is 11.9 Å². The van der Waals surface area contributed by atoms with Gasteiger partial charge in [-0.15, -0.1) is 0 Å². The molecule has 0 unspecified atom stereocenters. The van der Waals surface area contributed by atoms with Gasteiger partial charge in [-0.05, 0) is 30.2 Å². The molecule has 0 radical (unpaired) electrons. The molecule has 0 saturated carbocycles. The Morgan fingerprint density at radius 1 is 0.920 bits per heavy atom. The summed E-state index contributed by atoms with van der Waals surface area (Å²) in [7, 11) is 5.26. The number of carbonyl (C=O) groups is 1. The maximum Gasteiger partial charge on any atom is 0.253 e. The molecular weight excluding hydrogens is 312 g/mol. The van der Waals surface area contributed by atoms with Crippen molar-refractivity contribution in [1.82, 2.24) is 15.5 Å². The predicted molar refractivity (Wildman–Crippen MR) is 103 cm³/mol. The number of benzene rings is 2. The number of aryl methyl sites for hydroxylation is 1. The van der Waals surface area contributed by atoms with Crippen molar-refractivity contribution in [1.29, 1.82) is 0 Å². The molecule has 0 aliphatic carbocycles. The fraction of sp³-hybridized carbons (Fsp3) is 0.300. The number of carbonyl (C=O) groups excluding carboxylic acids is 1. The topological polar surface area (TPSA) is 56.7 Å². The van der Waals surface area contributed by atoms with Gasteiger partial charge in [0.2, 0.25) is 0 Å². The zero-order valence-electron chi connectivity index (χ0n) is 15.3. The monoisotopic (exact) mass is 338 g/mol. The molecule has 2 aromatic rings. The van der Waals surface area contributed by atoms with Crippen LogP contribution in [0.15, 0.2) is 53.5 Å². The first kappa shape index (κ1) is 18.5.